The van der Waals surface area contributed by atoms with Crippen molar-refractivity contribution in [1.29, 1.82) is 0 Å². The number of nitrogens with zero attached hydrogens (tertiary/aromatic N) is 3. The smallest absolute Gasteiger partial charge is 0.353 e. The Morgan fingerprint density at radius 2 is 2.14 bits per heavy atom. The van der Waals surface area contributed by atoms with Crippen molar-refractivity contribution in [1.82, 2.24) is 19.8 Å². The zero-order valence-electron chi connectivity index (χ0n) is 12.4. The third-order valence-corrected chi connectivity index (χ3v) is 3.33. The maximum atomic E-state index is 12.2. The molecule has 1 amide bonds. The molecule has 1 heterocycles. The van der Waals surface area contributed by atoms with Crippen molar-refractivity contribution in [3.63, 3.8) is 0 Å². The van der Waals surface area contributed by atoms with Crippen LogP contribution in [-0.4, -0.2) is 33.0 Å². The highest BCUT2D eigenvalue weighted by molar-refractivity contribution is 8.12. The molecule has 0 fully saturated rings. The van der Waals surface area contributed by atoms with Gasteiger partial charge in [0, 0.05) is 12.6 Å². The van der Waals surface area contributed by atoms with Crippen LogP contribution < -0.4 is 15.9 Å². The van der Waals surface area contributed by atoms with Gasteiger partial charge in [-0.15, -0.1) is 5.10 Å². The molecule has 0 atom stereocenters. The summed E-state index contributed by atoms with van der Waals surface area (Å²) in [7, 11) is 2.98. The van der Waals surface area contributed by atoms with Crippen LogP contribution >= 0.6 is 11.8 Å². The van der Waals surface area contributed by atoms with E-state index >= 15 is 0 Å². The minimum Gasteiger partial charge on any atom is -0.467 e. The molecule has 1 aromatic heterocycles. The maximum absolute atomic E-state index is 12.2. The van der Waals surface area contributed by atoms with Crippen LogP contribution in [0.15, 0.2) is 29.1 Å². The van der Waals surface area contributed by atoms with Crippen LogP contribution in [0.4, 0.5) is 4.79 Å². The van der Waals surface area contributed by atoms with E-state index in [1.807, 2.05) is 6.07 Å². The fraction of sp³-hybridized carbons (Fsp3) is 0.308. The molecule has 0 spiro atoms. The number of hydrogen-bond acceptors (Lipinski definition) is 6. The van der Waals surface area contributed by atoms with Crippen LogP contribution in [0.25, 0.3) is 5.69 Å². The second kappa shape index (κ2) is 7.14. The lowest BCUT2D eigenvalue weighted by Crippen LogP contribution is -2.23. The average molecular weight is 324 g/mol. The van der Waals surface area contributed by atoms with E-state index in [0.29, 0.717) is 11.3 Å². The summed E-state index contributed by atoms with van der Waals surface area (Å²) in [5.41, 5.74) is 3.24. The third kappa shape index (κ3) is 3.31. The number of para-hydroxylation sites is 1. The Balaban J connectivity index is 2.33. The van der Waals surface area contributed by atoms with E-state index in [9.17, 15) is 9.59 Å². The first-order valence-corrected chi connectivity index (χ1v) is 7.55. The van der Waals surface area contributed by atoms with Gasteiger partial charge in [-0.1, -0.05) is 30.0 Å². The van der Waals surface area contributed by atoms with E-state index in [-0.39, 0.29) is 23.5 Å². The minimum absolute atomic E-state index is 0.104. The quantitative estimate of drug-likeness (QED) is 0.828. The summed E-state index contributed by atoms with van der Waals surface area (Å²) in [6, 6.07) is 7.32. The largest absolute Gasteiger partial charge is 0.467 e. The lowest BCUT2D eigenvalue weighted by molar-refractivity contribution is 0.0576. The summed E-state index contributed by atoms with van der Waals surface area (Å²) in [6.07, 6.45) is 1.65. The molecule has 8 nitrogen and oxygen atoms in total. The number of carbonyl (C=O) groups is 1. The minimum atomic E-state index is -0.336. The van der Waals surface area contributed by atoms with E-state index in [4.69, 9.17) is 9.57 Å². The summed E-state index contributed by atoms with van der Waals surface area (Å²) in [5, 5.41) is 3.70. The van der Waals surface area contributed by atoms with Gasteiger partial charge in [0.2, 0.25) is 0 Å². The van der Waals surface area contributed by atoms with Gasteiger partial charge in [0.25, 0.3) is 0 Å². The first kappa shape index (κ1) is 16.1. The van der Waals surface area contributed by atoms with Gasteiger partial charge in [0.15, 0.2) is 0 Å². The van der Waals surface area contributed by atoms with Crippen molar-refractivity contribution in [3.05, 3.63) is 40.3 Å². The molecule has 0 aliphatic carbocycles. The fourth-order valence-corrected chi connectivity index (χ4v) is 1.99. The van der Waals surface area contributed by atoms with Crippen molar-refractivity contribution in [2.75, 3.05) is 13.4 Å². The predicted molar refractivity (Wildman–Crippen MR) is 82.2 cm³/mol. The third-order valence-electron chi connectivity index (χ3n) is 2.88. The highest BCUT2D eigenvalue weighted by Crippen LogP contribution is 2.18. The van der Waals surface area contributed by atoms with Crippen molar-refractivity contribution >= 4 is 17.0 Å². The Morgan fingerprint density at radius 1 is 1.41 bits per heavy atom. The summed E-state index contributed by atoms with van der Waals surface area (Å²) >= 11 is 1.01. The summed E-state index contributed by atoms with van der Waals surface area (Å²) < 4.78 is 7.66. The number of benzene rings is 1. The number of methoxy groups -OCH3 is 1. The summed E-state index contributed by atoms with van der Waals surface area (Å²) in [6.45, 7) is 0.104. The van der Waals surface area contributed by atoms with E-state index < -0.39 is 0 Å². The van der Waals surface area contributed by atoms with Gasteiger partial charge in [-0.05, 0) is 12.3 Å². The van der Waals surface area contributed by atoms with Crippen molar-refractivity contribution in [2.45, 2.75) is 6.61 Å². The van der Waals surface area contributed by atoms with Crippen molar-refractivity contribution < 1.29 is 14.4 Å². The summed E-state index contributed by atoms with van der Waals surface area (Å²) in [4.78, 5) is 28.5. The Labute approximate surface area is 131 Å². The monoisotopic (exact) mass is 324 g/mol. The molecule has 9 heteroatoms. The van der Waals surface area contributed by atoms with Gasteiger partial charge in [0.1, 0.15) is 6.61 Å². The zero-order valence-corrected chi connectivity index (χ0v) is 13.2. The number of aryl methyl sites for hydroxylation is 1. The number of hydroxylamine groups is 1. The van der Waals surface area contributed by atoms with E-state index in [1.165, 1.54) is 16.4 Å². The first-order valence-electron chi connectivity index (χ1n) is 6.32. The van der Waals surface area contributed by atoms with Gasteiger partial charge >= 0.3 is 16.9 Å². The van der Waals surface area contributed by atoms with Crippen LogP contribution in [-0.2, 0) is 18.5 Å². The van der Waals surface area contributed by atoms with Crippen LogP contribution in [0, 0.1) is 0 Å². The van der Waals surface area contributed by atoms with Gasteiger partial charge in [0.05, 0.1) is 12.8 Å². The lowest BCUT2D eigenvalue weighted by atomic mass is 10.2. The molecule has 0 radical (unpaired) electrons. The number of hydrogen-bond donors (Lipinski definition) is 1. The molecule has 1 N–H and O–H groups in total. The first-order chi connectivity index (χ1) is 10.6. The van der Waals surface area contributed by atoms with Crippen LogP contribution in [0.5, 0.6) is 6.01 Å². The Bertz CT molecular complexity index is 725. The standard InChI is InChI=1S/C13H16N4O4S/c1-16-13(19)17(11(14-16)20-2)10-7-5-4-6-9(10)8-21-15-12(18)22-3/h4-7H,8H2,1-3H3,(H,15,18). The van der Waals surface area contributed by atoms with Crippen molar-refractivity contribution in [3.8, 4) is 11.7 Å². The number of thioether (sulfide) groups is 1. The molecule has 0 aliphatic heterocycles. The molecule has 2 aromatic rings. The molecule has 0 unspecified atom stereocenters. The molecular formula is C13H16N4O4S. The van der Waals surface area contributed by atoms with E-state index in [1.54, 1.807) is 31.5 Å². The molecule has 0 bridgehead atoms. The molecule has 1 aromatic carbocycles. The van der Waals surface area contributed by atoms with Crippen LogP contribution in [0.2, 0.25) is 0 Å². The van der Waals surface area contributed by atoms with E-state index in [0.717, 1.165) is 11.8 Å². The molecule has 0 saturated heterocycles. The molecule has 0 aliphatic rings. The number of rotatable bonds is 5. The van der Waals surface area contributed by atoms with Crippen LogP contribution in [0.1, 0.15) is 5.56 Å². The maximum Gasteiger partial charge on any atom is 0.353 e. The Kier molecular flexibility index (Phi) is 5.23. The number of amides is 1. The van der Waals surface area contributed by atoms with Gasteiger partial charge in [-0.2, -0.15) is 0 Å². The van der Waals surface area contributed by atoms with Gasteiger partial charge in [-0.3, -0.25) is 9.63 Å². The van der Waals surface area contributed by atoms with Crippen molar-refractivity contribution in [2.24, 2.45) is 7.05 Å². The molecule has 0 saturated carbocycles. The SMILES string of the molecule is COc1nn(C)c(=O)n1-c1ccccc1CONC(=O)SC. The number of aromatic nitrogens is 3. The van der Waals surface area contributed by atoms with Crippen LogP contribution in [0.3, 0.4) is 0 Å². The normalized spacial score (nSPS) is 10.5. The van der Waals surface area contributed by atoms with Gasteiger partial charge < -0.3 is 4.74 Å². The second-order valence-electron chi connectivity index (χ2n) is 4.24. The highest BCUT2D eigenvalue weighted by atomic mass is 32.2. The van der Waals surface area contributed by atoms with Gasteiger partial charge in [-0.25, -0.2) is 19.5 Å². The highest BCUT2D eigenvalue weighted by Gasteiger charge is 2.16. The number of ether oxygens (including phenoxy) is 1. The van der Waals surface area contributed by atoms with E-state index in [2.05, 4.69) is 10.6 Å². The molecule has 118 valence electrons. The Hall–Kier alpha value is -2.26. The Morgan fingerprint density at radius 3 is 2.82 bits per heavy atom. The topological polar surface area (TPSA) is 87.4 Å². The number of nitrogens with one attached hydrogen (secondary N) is 1. The average Bonchev–Trinajstić information content (AvgIpc) is 2.82. The summed E-state index contributed by atoms with van der Waals surface area (Å²) in [5.74, 6) is 0. The molecule has 22 heavy (non-hydrogen) atoms. The second-order valence-corrected chi connectivity index (χ2v) is 5.02. The number of carbonyl (C=O) groups excluding carboxylic acids is 1. The predicted octanol–water partition coefficient (Wildman–Crippen LogP) is 1.08. The fourth-order valence-electron chi connectivity index (χ4n) is 1.85. The molecule has 2 rings (SSSR count). The zero-order chi connectivity index (χ0) is 16.1. The molecular weight excluding hydrogens is 308 g/mol. The lowest BCUT2D eigenvalue weighted by Gasteiger charge is -2.11.